The molecule has 0 aliphatic carbocycles. The number of carbonyl (C=O) groups excluding carboxylic acids is 2. The predicted molar refractivity (Wildman–Crippen MR) is 83.7 cm³/mol. The van der Waals surface area contributed by atoms with Gasteiger partial charge in [-0.1, -0.05) is 30.3 Å². The second-order valence-corrected chi connectivity index (χ2v) is 5.44. The molecule has 0 bridgehead atoms. The fourth-order valence-corrected chi connectivity index (χ4v) is 3.27. The van der Waals surface area contributed by atoms with Gasteiger partial charge in [0, 0.05) is 17.8 Å². The number of benzene rings is 2. The summed E-state index contributed by atoms with van der Waals surface area (Å²) in [6, 6.07) is 14.8. The number of amides is 2. The first-order valence-electron chi connectivity index (χ1n) is 7.28. The van der Waals surface area contributed by atoms with Gasteiger partial charge in [0.1, 0.15) is 0 Å². The standard InChI is InChI=1S/C17H15N3O2/c1-2-20-14-10-6-4-8-12(14)17(16(20)22)18-13-9-5-3-7-11(13)15(21)19-17/h3-10,18H,2H2,1H3,(H,19,21)/t17-/m1/s1. The van der Waals surface area contributed by atoms with Crippen molar-refractivity contribution in [1.82, 2.24) is 5.32 Å². The van der Waals surface area contributed by atoms with E-state index in [4.69, 9.17) is 0 Å². The summed E-state index contributed by atoms with van der Waals surface area (Å²) in [5, 5.41) is 6.13. The third-order valence-corrected chi connectivity index (χ3v) is 4.28. The van der Waals surface area contributed by atoms with Crippen molar-refractivity contribution in [1.29, 1.82) is 0 Å². The van der Waals surface area contributed by atoms with Gasteiger partial charge < -0.3 is 15.5 Å². The minimum atomic E-state index is -1.21. The van der Waals surface area contributed by atoms with Gasteiger partial charge in [0.15, 0.2) is 0 Å². The molecule has 0 fully saturated rings. The number of rotatable bonds is 1. The molecule has 0 aromatic heterocycles. The van der Waals surface area contributed by atoms with Crippen molar-refractivity contribution in [3.8, 4) is 0 Å². The largest absolute Gasteiger partial charge is 0.350 e. The van der Waals surface area contributed by atoms with Crippen LogP contribution in [0.2, 0.25) is 0 Å². The zero-order valence-electron chi connectivity index (χ0n) is 12.1. The Labute approximate surface area is 127 Å². The monoisotopic (exact) mass is 293 g/mol. The third kappa shape index (κ3) is 1.48. The Morgan fingerprint density at radius 1 is 1.00 bits per heavy atom. The van der Waals surface area contributed by atoms with Crippen molar-refractivity contribution < 1.29 is 9.59 Å². The van der Waals surface area contributed by atoms with Crippen LogP contribution in [0.15, 0.2) is 48.5 Å². The Kier molecular flexibility index (Phi) is 2.54. The highest BCUT2D eigenvalue weighted by Crippen LogP contribution is 2.42. The Morgan fingerprint density at radius 3 is 2.55 bits per heavy atom. The first-order valence-corrected chi connectivity index (χ1v) is 7.28. The zero-order chi connectivity index (χ0) is 15.3. The van der Waals surface area contributed by atoms with E-state index in [0.29, 0.717) is 17.8 Å². The molecule has 22 heavy (non-hydrogen) atoms. The maximum Gasteiger partial charge on any atom is 0.278 e. The second kappa shape index (κ2) is 4.34. The lowest BCUT2D eigenvalue weighted by molar-refractivity contribution is -0.123. The number of nitrogens with zero attached hydrogens (tertiary/aromatic N) is 1. The first kappa shape index (κ1) is 12.9. The van der Waals surface area contributed by atoms with Crippen molar-refractivity contribution in [2.75, 3.05) is 16.8 Å². The summed E-state index contributed by atoms with van der Waals surface area (Å²) in [5.74, 6) is -0.394. The Morgan fingerprint density at radius 2 is 1.73 bits per heavy atom. The van der Waals surface area contributed by atoms with Gasteiger partial charge in [-0.05, 0) is 25.1 Å². The summed E-state index contributed by atoms with van der Waals surface area (Å²) in [4.78, 5) is 27.1. The quantitative estimate of drug-likeness (QED) is 0.846. The van der Waals surface area contributed by atoms with Crippen LogP contribution in [0.4, 0.5) is 11.4 Å². The lowest BCUT2D eigenvalue weighted by Crippen LogP contribution is -2.60. The van der Waals surface area contributed by atoms with E-state index in [-0.39, 0.29) is 11.8 Å². The third-order valence-electron chi connectivity index (χ3n) is 4.28. The van der Waals surface area contributed by atoms with E-state index in [2.05, 4.69) is 10.6 Å². The first-order chi connectivity index (χ1) is 10.7. The van der Waals surface area contributed by atoms with Gasteiger partial charge in [-0.3, -0.25) is 9.59 Å². The minimum Gasteiger partial charge on any atom is -0.350 e. The summed E-state index contributed by atoms with van der Waals surface area (Å²) in [5.41, 5.74) is 1.63. The number of para-hydroxylation sites is 2. The molecule has 1 spiro atoms. The highest BCUT2D eigenvalue weighted by Gasteiger charge is 2.54. The average Bonchev–Trinajstić information content (AvgIpc) is 2.76. The molecule has 2 aliphatic rings. The molecule has 0 saturated carbocycles. The van der Waals surface area contributed by atoms with Gasteiger partial charge >= 0.3 is 0 Å². The molecule has 5 heteroatoms. The van der Waals surface area contributed by atoms with Crippen LogP contribution in [0.5, 0.6) is 0 Å². The molecular weight excluding hydrogens is 278 g/mol. The van der Waals surface area contributed by atoms with Gasteiger partial charge in [-0.25, -0.2) is 0 Å². The van der Waals surface area contributed by atoms with Crippen LogP contribution in [-0.4, -0.2) is 18.4 Å². The van der Waals surface area contributed by atoms with Crippen LogP contribution in [0.25, 0.3) is 0 Å². The molecule has 0 radical (unpaired) electrons. The van der Waals surface area contributed by atoms with Crippen LogP contribution in [0.1, 0.15) is 22.8 Å². The Hall–Kier alpha value is -2.82. The maximum absolute atomic E-state index is 13.0. The number of anilines is 2. The lowest BCUT2D eigenvalue weighted by atomic mass is 9.96. The van der Waals surface area contributed by atoms with Crippen molar-refractivity contribution in [2.24, 2.45) is 0 Å². The van der Waals surface area contributed by atoms with Gasteiger partial charge in [-0.15, -0.1) is 0 Å². The topological polar surface area (TPSA) is 61.4 Å². The highest BCUT2D eigenvalue weighted by molar-refractivity contribution is 6.15. The van der Waals surface area contributed by atoms with Gasteiger partial charge in [0.2, 0.25) is 5.66 Å². The summed E-state index contributed by atoms with van der Waals surface area (Å²) in [7, 11) is 0. The van der Waals surface area contributed by atoms with Crippen LogP contribution in [0.3, 0.4) is 0 Å². The molecule has 2 amide bonds. The zero-order valence-corrected chi connectivity index (χ0v) is 12.1. The van der Waals surface area contributed by atoms with E-state index in [1.54, 1.807) is 17.0 Å². The Bertz CT molecular complexity index is 802. The normalized spacial score (nSPS) is 22.1. The van der Waals surface area contributed by atoms with Crippen molar-refractivity contribution >= 4 is 23.2 Å². The number of carbonyl (C=O) groups is 2. The van der Waals surface area contributed by atoms with E-state index in [0.717, 1.165) is 11.3 Å². The highest BCUT2D eigenvalue weighted by atomic mass is 16.2. The van der Waals surface area contributed by atoms with E-state index in [9.17, 15) is 9.59 Å². The Balaban J connectivity index is 1.93. The number of fused-ring (bicyclic) bond motifs is 3. The molecule has 0 saturated heterocycles. The van der Waals surface area contributed by atoms with E-state index < -0.39 is 5.66 Å². The van der Waals surface area contributed by atoms with E-state index in [1.165, 1.54) is 0 Å². The summed E-state index contributed by atoms with van der Waals surface area (Å²) < 4.78 is 0. The minimum absolute atomic E-state index is 0.154. The fourth-order valence-electron chi connectivity index (χ4n) is 3.27. The molecule has 2 N–H and O–H groups in total. The summed E-state index contributed by atoms with van der Waals surface area (Å²) in [6.45, 7) is 2.48. The molecule has 1 atom stereocenters. The van der Waals surface area contributed by atoms with Crippen LogP contribution >= 0.6 is 0 Å². The molecule has 2 aromatic rings. The molecular formula is C17H15N3O2. The number of hydrogen-bond donors (Lipinski definition) is 2. The SMILES string of the molecule is CCN1C(=O)[C@]2(NC(=O)c3ccccc3N2)c2ccccc21. The molecule has 4 rings (SSSR count). The van der Waals surface area contributed by atoms with Crippen LogP contribution in [0, 0.1) is 0 Å². The maximum atomic E-state index is 13.0. The number of likely N-dealkylation sites (N-methyl/N-ethyl adjacent to an activating group) is 1. The molecule has 2 aliphatic heterocycles. The van der Waals surface area contributed by atoms with Crippen molar-refractivity contribution in [2.45, 2.75) is 12.6 Å². The lowest BCUT2D eigenvalue weighted by Gasteiger charge is -2.36. The second-order valence-electron chi connectivity index (χ2n) is 5.44. The summed E-state index contributed by atoms with van der Waals surface area (Å²) >= 11 is 0. The van der Waals surface area contributed by atoms with E-state index >= 15 is 0 Å². The smallest absolute Gasteiger partial charge is 0.278 e. The van der Waals surface area contributed by atoms with Crippen LogP contribution in [-0.2, 0) is 10.5 Å². The molecule has 5 nitrogen and oxygen atoms in total. The predicted octanol–water partition coefficient (Wildman–Crippen LogP) is 2.06. The molecule has 0 unspecified atom stereocenters. The number of nitrogens with one attached hydrogen (secondary N) is 2. The number of hydrogen-bond acceptors (Lipinski definition) is 3. The van der Waals surface area contributed by atoms with E-state index in [1.807, 2.05) is 43.3 Å². The molecule has 2 aromatic carbocycles. The fraction of sp³-hybridized carbons (Fsp3) is 0.176. The van der Waals surface area contributed by atoms with Crippen LogP contribution < -0.4 is 15.5 Å². The van der Waals surface area contributed by atoms with Gasteiger partial charge in [0.25, 0.3) is 11.8 Å². The van der Waals surface area contributed by atoms with Gasteiger partial charge in [-0.2, -0.15) is 0 Å². The average molecular weight is 293 g/mol. The van der Waals surface area contributed by atoms with Gasteiger partial charge in [0.05, 0.1) is 11.3 Å². The van der Waals surface area contributed by atoms with Crippen molar-refractivity contribution in [3.05, 3.63) is 59.7 Å². The van der Waals surface area contributed by atoms with Crippen molar-refractivity contribution in [3.63, 3.8) is 0 Å². The summed E-state index contributed by atoms with van der Waals surface area (Å²) in [6.07, 6.45) is 0. The molecule has 2 heterocycles. The molecule has 110 valence electrons.